The molecule has 1 heterocycles. The molecule has 0 aliphatic carbocycles. The molecule has 0 radical (unpaired) electrons. The van der Waals surface area contributed by atoms with E-state index in [4.69, 9.17) is 23.2 Å². The summed E-state index contributed by atoms with van der Waals surface area (Å²) in [6, 6.07) is 7.36. The molecule has 0 fully saturated rings. The lowest BCUT2D eigenvalue weighted by Gasteiger charge is -2.03. The van der Waals surface area contributed by atoms with Crippen molar-refractivity contribution < 1.29 is 9.18 Å². The van der Waals surface area contributed by atoms with E-state index in [1.165, 1.54) is 6.07 Å². The summed E-state index contributed by atoms with van der Waals surface area (Å²) in [5, 5.41) is 0.755. The Morgan fingerprint density at radius 2 is 1.88 bits per heavy atom. The third-order valence-electron chi connectivity index (χ3n) is 2.17. The van der Waals surface area contributed by atoms with Gasteiger partial charge in [0.15, 0.2) is 0 Å². The average Bonchev–Trinajstić information content (AvgIpc) is 2.32. The molecule has 1 aromatic heterocycles. The lowest BCUT2D eigenvalue weighted by molar-refractivity contribution is 0.112. The van der Waals surface area contributed by atoms with E-state index in [1.807, 2.05) is 0 Å². The number of nitrogens with zero attached hydrogens (tertiary/aromatic N) is 1. The minimum Gasteiger partial charge on any atom is -0.298 e. The van der Waals surface area contributed by atoms with Gasteiger partial charge in [0, 0.05) is 17.2 Å². The first kappa shape index (κ1) is 12.0. The molecule has 0 aliphatic rings. The number of hydrogen-bond acceptors (Lipinski definition) is 2. The monoisotopic (exact) mass is 269 g/mol. The van der Waals surface area contributed by atoms with Gasteiger partial charge in [0.2, 0.25) is 5.95 Å². The molecule has 2 aromatic rings. The molecule has 86 valence electrons. The van der Waals surface area contributed by atoms with Crippen LogP contribution in [0.25, 0.3) is 11.3 Å². The smallest absolute Gasteiger partial charge is 0.214 e. The van der Waals surface area contributed by atoms with E-state index < -0.39 is 5.95 Å². The van der Waals surface area contributed by atoms with Crippen molar-refractivity contribution in [2.75, 3.05) is 0 Å². The fraction of sp³-hybridized carbons (Fsp3) is 0. The van der Waals surface area contributed by atoms with Crippen molar-refractivity contribution in [1.29, 1.82) is 0 Å². The van der Waals surface area contributed by atoms with E-state index >= 15 is 0 Å². The predicted molar refractivity (Wildman–Crippen MR) is 65.0 cm³/mol. The van der Waals surface area contributed by atoms with E-state index in [0.29, 0.717) is 27.6 Å². The summed E-state index contributed by atoms with van der Waals surface area (Å²) in [6.07, 6.45) is 0.561. The van der Waals surface area contributed by atoms with Crippen LogP contribution >= 0.6 is 23.2 Å². The van der Waals surface area contributed by atoms with Gasteiger partial charge in [-0.25, -0.2) is 4.98 Å². The second-order valence-corrected chi connectivity index (χ2v) is 4.17. The minimum absolute atomic E-state index is 0.221. The van der Waals surface area contributed by atoms with Gasteiger partial charge in [0.25, 0.3) is 0 Å². The maximum atomic E-state index is 13.2. The Morgan fingerprint density at radius 1 is 1.12 bits per heavy atom. The molecule has 0 saturated carbocycles. The van der Waals surface area contributed by atoms with Crippen molar-refractivity contribution in [1.82, 2.24) is 4.98 Å². The van der Waals surface area contributed by atoms with Gasteiger partial charge in [0.1, 0.15) is 6.29 Å². The molecule has 0 atom stereocenters. The van der Waals surface area contributed by atoms with Crippen LogP contribution in [0.3, 0.4) is 0 Å². The summed E-state index contributed by atoms with van der Waals surface area (Å²) in [5.41, 5.74) is 1.16. The van der Waals surface area contributed by atoms with Crippen LogP contribution in [-0.4, -0.2) is 11.3 Å². The van der Waals surface area contributed by atoms with Crippen LogP contribution in [0.5, 0.6) is 0 Å². The molecule has 17 heavy (non-hydrogen) atoms. The Morgan fingerprint density at radius 3 is 2.53 bits per heavy atom. The maximum Gasteiger partial charge on any atom is 0.214 e. The highest BCUT2D eigenvalue weighted by atomic mass is 35.5. The first-order valence-electron chi connectivity index (χ1n) is 4.68. The summed E-state index contributed by atoms with van der Waals surface area (Å²) >= 11 is 11.6. The predicted octanol–water partition coefficient (Wildman–Crippen LogP) is 4.01. The summed E-state index contributed by atoms with van der Waals surface area (Å²) in [5.74, 6) is -0.712. The molecule has 0 N–H and O–H groups in total. The summed E-state index contributed by atoms with van der Waals surface area (Å²) in [4.78, 5) is 14.3. The molecule has 0 aliphatic heterocycles. The van der Waals surface area contributed by atoms with Crippen LogP contribution in [0.15, 0.2) is 30.3 Å². The largest absolute Gasteiger partial charge is 0.298 e. The number of aldehydes is 1. The second kappa shape index (κ2) is 4.82. The topological polar surface area (TPSA) is 30.0 Å². The van der Waals surface area contributed by atoms with Crippen molar-refractivity contribution in [3.63, 3.8) is 0 Å². The Balaban J connectivity index is 2.55. The first-order chi connectivity index (χ1) is 8.10. The summed E-state index contributed by atoms with van der Waals surface area (Å²) in [6.45, 7) is 0. The van der Waals surface area contributed by atoms with Crippen molar-refractivity contribution in [2.45, 2.75) is 0 Å². The number of carbonyl (C=O) groups excluding carboxylic acids is 1. The molecular formula is C12H6Cl2FNO. The van der Waals surface area contributed by atoms with E-state index in [2.05, 4.69) is 4.98 Å². The van der Waals surface area contributed by atoms with Crippen molar-refractivity contribution in [2.24, 2.45) is 0 Å². The molecule has 5 heteroatoms. The number of aromatic nitrogens is 1. The molecule has 0 amide bonds. The van der Waals surface area contributed by atoms with Crippen molar-refractivity contribution >= 4 is 29.5 Å². The van der Waals surface area contributed by atoms with Gasteiger partial charge in [-0.2, -0.15) is 4.39 Å². The summed E-state index contributed by atoms with van der Waals surface area (Å²) < 4.78 is 13.2. The lowest BCUT2D eigenvalue weighted by atomic mass is 10.1. The van der Waals surface area contributed by atoms with Gasteiger partial charge in [-0.1, -0.05) is 29.3 Å². The van der Waals surface area contributed by atoms with E-state index in [0.717, 1.165) is 6.07 Å². The van der Waals surface area contributed by atoms with Crippen molar-refractivity contribution in [3.8, 4) is 11.3 Å². The van der Waals surface area contributed by atoms with Gasteiger partial charge < -0.3 is 0 Å². The van der Waals surface area contributed by atoms with Crippen LogP contribution in [0.1, 0.15) is 10.4 Å². The Kier molecular flexibility index (Phi) is 3.41. The first-order valence-corrected chi connectivity index (χ1v) is 5.44. The molecule has 1 aromatic carbocycles. The number of pyridine rings is 1. The Bertz CT molecular complexity index is 587. The molecule has 0 saturated heterocycles. The van der Waals surface area contributed by atoms with Gasteiger partial charge in [-0.3, -0.25) is 4.79 Å². The van der Waals surface area contributed by atoms with Gasteiger partial charge >= 0.3 is 0 Å². The molecule has 0 spiro atoms. The lowest BCUT2D eigenvalue weighted by Crippen LogP contribution is -1.92. The van der Waals surface area contributed by atoms with Crippen molar-refractivity contribution in [3.05, 3.63) is 51.9 Å². The fourth-order valence-electron chi connectivity index (χ4n) is 1.39. The third kappa shape index (κ3) is 2.62. The quantitative estimate of drug-likeness (QED) is 0.609. The molecule has 0 unspecified atom stereocenters. The standard InChI is InChI=1S/C12H6Cl2FNO/c13-9-2-1-8(5-10(9)14)11-3-7(6-17)4-12(15)16-11/h1-6H. The van der Waals surface area contributed by atoms with E-state index in [1.54, 1.807) is 18.2 Å². The highest BCUT2D eigenvalue weighted by Crippen LogP contribution is 2.27. The SMILES string of the molecule is O=Cc1cc(F)nc(-c2ccc(Cl)c(Cl)c2)c1. The minimum atomic E-state index is -0.712. The zero-order valence-corrected chi connectivity index (χ0v) is 9.97. The molecule has 2 rings (SSSR count). The average molecular weight is 270 g/mol. The highest BCUT2D eigenvalue weighted by molar-refractivity contribution is 6.42. The number of halogens is 3. The molecular weight excluding hydrogens is 264 g/mol. The molecule has 2 nitrogen and oxygen atoms in total. The zero-order chi connectivity index (χ0) is 12.4. The summed E-state index contributed by atoms with van der Waals surface area (Å²) in [7, 11) is 0. The highest BCUT2D eigenvalue weighted by Gasteiger charge is 2.06. The third-order valence-corrected chi connectivity index (χ3v) is 2.91. The zero-order valence-electron chi connectivity index (χ0n) is 8.45. The number of hydrogen-bond donors (Lipinski definition) is 0. The number of carbonyl (C=O) groups is 1. The van der Waals surface area contributed by atoms with Gasteiger partial charge in [-0.05, 0) is 18.2 Å². The number of rotatable bonds is 2. The molecule has 0 bridgehead atoms. The van der Waals surface area contributed by atoms with Gasteiger partial charge in [-0.15, -0.1) is 0 Å². The second-order valence-electron chi connectivity index (χ2n) is 3.36. The van der Waals surface area contributed by atoms with Crippen LogP contribution in [0.2, 0.25) is 10.0 Å². The Hall–Kier alpha value is -1.45. The van der Waals surface area contributed by atoms with Crippen LogP contribution < -0.4 is 0 Å². The van der Waals surface area contributed by atoms with Crippen LogP contribution in [-0.2, 0) is 0 Å². The van der Waals surface area contributed by atoms with E-state index in [-0.39, 0.29) is 5.56 Å². The maximum absolute atomic E-state index is 13.2. The fourth-order valence-corrected chi connectivity index (χ4v) is 1.69. The van der Waals surface area contributed by atoms with Gasteiger partial charge in [0.05, 0.1) is 15.7 Å². The van der Waals surface area contributed by atoms with Crippen LogP contribution in [0, 0.1) is 5.95 Å². The van der Waals surface area contributed by atoms with Crippen LogP contribution in [0.4, 0.5) is 4.39 Å². The normalized spacial score (nSPS) is 10.3. The Labute approximate surface area is 107 Å². The number of benzene rings is 1. The van der Waals surface area contributed by atoms with E-state index in [9.17, 15) is 9.18 Å².